The number of rotatable bonds is 29. The van der Waals surface area contributed by atoms with Crippen molar-refractivity contribution in [3.8, 4) is 0 Å². The first-order valence-electron chi connectivity index (χ1n) is 30.1. The van der Waals surface area contributed by atoms with Crippen molar-refractivity contribution in [2.45, 2.75) is 56.5 Å². The number of nitrogens with zero attached hydrogens (tertiary/aromatic N) is 13. The number of thioether (sulfide) groups is 1. The van der Waals surface area contributed by atoms with Crippen LogP contribution in [-0.2, 0) is 48.9 Å². The Labute approximate surface area is 565 Å². The number of aromatic nitrogens is 5. The molecule has 506 valence electrons. The van der Waals surface area contributed by atoms with E-state index in [1.807, 2.05) is 61.8 Å². The molecule has 2 amide bonds. The molecule has 0 bridgehead atoms. The van der Waals surface area contributed by atoms with Gasteiger partial charge in [-0.05, 0) is 114 Å². The molecule has 0 unspecified atom stereocenters. The number of aliphatic hydroxyl groups excluding tert-OH is 1. The summed E-state index contributed by atoms with van der Waals surface area (Å²) in [7, 11) is -9.50. The zero-order valence-electron chi connectivity index (χ0n) is 52.9. The average molecular weight is 1410 g/mol. The lowest BCUT2D eigenvalue weighted by molar-refractivity contribution is -0.120. The number of carbonyl (C=O) groups is 4. The topological polar surface area (TPSA) is 391 Å². The summed E-state index contributed by atoms with van der Waals surface area (Å²) in [5.74, 6) is -2.01. The molecule has 9 rings (SSSR count). The molecule has 5 heterocycles. The van der Waals surface area contributed by atoms with E-state index in [0.717, 1.165) is 46.2 Å². The fraction of sp³-hybridized carbons (Fsp3) is 0.328. The molecular formula is C61H69N17O13S5. The van der Waals surface area contributed by atoms with E-state index in [4.69, 9.17) is 34.4 Å². The number of aliphatic hydroxyl groups is 1. The van der Waals surface area contributed by atoms with Crippen molar-refractivity contribution in [1.29, 1.82) is 0 Å². The normalized spacial score (nSPS) is 14.1. The number of thiazole rings is 2. The average Bonchev–Trinajstić information content (AvgIpc) is 1.73. The Morgan fingerprint density at radius 3 is 1.33 bits per heavy atom. The number of carbonyl (C=O) groups excluding carboxylic acids is 4. The molecular weight excluding hydrogens is 1340 g/mol. The molecule has 4 aromatic carbocycles. The first-order valence-corrected chi connectivity index (χ1v) is 35.6. The predicted molar refractivity (Wildman–Crippen MR) is 370 cm³/mol. The second-order valence-corrected chi connectivity index (χ2v) is 26.7. The van der Waals surface area contributed by atoms with E-state index in [0.29, 0.717) is 123 Å². The van der Waals surface area contributed by atoms with E-state index < -0.39 is 53.4 Å². The summed E-state index contributed by atoms with van der Waals surface area (Å²) in [6, 6.07) is 21.5. The third-order valence-electron chi connectivity index (χ3n) is 14.6. The number of benzene rings is 4. The standard InChI is InChI=1S/C61H69N17O13S5/c1-7-75(8-2)39-19-21-43(71-73-60-66-53(77-23-28-90-29-24-77)49(93-60)35-41(37(5)80)55(82)62-45-15-11-13-17-51(45)95(84,85)86)47(33-39)64-57-68-58(70-59(69-57)92-32-27-79)65-48-34-40(76(9-3)10-4)20-22-44(48)72-74-61-67-54(78-25-30-91-31-26-78)50(94-61)36-42(38(6)81)56(83)63-46-16-12-14-18-52(46)96(87,88)89/h11-22,33-36,79H,7-10,23-32H2,1-6H3,(H,62,82)(H,63,83)(H,84,85,86)(H,87,88,89)(H2,64,65,68,69,70). The van der Waals surface area contributed by atoms with Gasteiger partial charge in [-0.1, -0.05) is 58.7 Å². The van der Waals surface area contributed by atoms with Gasteiger partial charge < -0.3 is 55.4 Å². The van der Waals surface area contributed by atoms with Gasteiger partial charge in [0.15, 0.2) is 16.7 Å². The summed E-state index contributed by atoms with van der Waals surface area (Å²) >= 11 is 3.26. The minimum atomic E-state index is -4.75. The Hall–Kier alpha value is -9.04. The van der Waals surface area contributed by atoms with Crippen LogP contribution in [0.2, 0.25) is 0 Å². The highest BCUT2D eigenvalue weighted by Gasteiger charge is 2.28. The lowest BCUT2D eigenvalue weighted by Crippen LogP contribution is -2.36. The molecule has 30 nitrogen and oxygen atoms in total. The summed E-state index contributed by atoms with van der Waals surface area (Å²) in [4.78, 5) is 85.7. The predicted octanol–water partition coefficient (Wildman–Crippen LogP) is 10.3. The molecule has 7 N–H and O–H groups in total. The van der Waals surface area contributed by atoms with Crippen molar-refractivity contribution >= 4 is 169 Å². The fourth-order valence-electron chi connectivity index (χ4n) is 9.88. The van der Waals surface area contributed by atoms with Crippen LogP contribution in [-0.4, -0.2) is 170 Å². The van der Waals surface area contributed by atoms with E-state index in [-0.39, 0.29) is 62.2 Å². The number of hydrogen-bond donors (Lipinski definition) is 7. The van der Waals surface area contributed by atoms with Gasteiger partial charge in [0.25, 0.3) is 32.1 Å². The van der Waals surface area contributed by atoms with Crippen molar-refractivity contribution in [3.63, 3.8) is 0 Å². The summed E-state index contributed by atoms with van der Waals surface area (Å²) in [6.45, 7) is 16.1. The minimum Gasteiger partial charge on any atom is -0.396 e. The van der Waals surface area contributed by atoms with Gasteiger partial charge in [-0.15, -0.1) is 20.5 Å². The number of nitrogens with one attached hydrogen (secondary N) is 4. The summed E-state index contributed by atoms with van der Waals surface area (Å²) in [6.07, 6.45) is 2.71. The number of azo groups is 2. The number of morpholine rings is 2. The van der Waals surface area contributed by atoms with Crippen molar-refractivity contribution in [2.24, 2.45) is 20.5 Å². The Morgan fingerprint density at radius 2 is 0.969 bits per heavy atom. The second kappa shape index (κ2) is 32.6. The van der Waals surface area contributed by atoms with Crippen LogP contribution in [0.5, 0.6) is 0 Å². The Bertz CT molecular complexity index is 4110. The number of ketones is 2. The first-order chi connectivity index (χ1) is 46.1. The number of Topliss-reactive ketones (excluding diaryl/α,β-unsaturated/α-hetero) is 2. The molecule has 7 aromatic rings. The van der Waals surface area contributed by atoms with Crippen LogP contribution in [0, 0.1) is 0 Å². The third kappa shape index (κ3) is 18.3. The molecule has 35 heteroatoms. The molecule has 0 aliphatic carbocycles. The van der Waals surface area contributed by atoms with Crippen molar-refractivity contribution in [1.82, 2.24) is 24.9 Å². The largest absolute Gasteiger partial charge is 0.396 e. The van der Waals surface area contributed by atoms with Crippen LogP contribution in [0.15, 0.2) is 131 Å². The highest BCUT2D eigenvalue weighted by atomic mass is 32.2. The highest BCUT2D eigenvalue weighted by Crippen LogP contribution is 2.41. The molecule has 0 atom stereocenters. The third-order valence-corrected chi connectivity index (χ3v) is 19.0. The maximum atomic E-state index is 13.8. The SMILES string of the molecule is CCN(CC)c1ccc(N=Nc2nc(N3CCOCC3)c(C=C(C(C)=O)C(=O)Nc3ccccc3S(=O)(=O)O)s2)c(Nc2nc(Nc3cc(N(CC)CC)ccc3N=Nc3nc(N4CCOCC4)c(C=C(C(C)=O)C(=O)Nc4ccccc4S(=O)(=O)O)s3)nc(SCCO)n2)c1. The van der Waals surface area contributed by atoms with Gasteiger partial charge in [0, 0.05) is 69.5 Å². The molecule has 2 saturated heterocycles. The summed E-state index contributed by atoms with van der Waals surface area (Å²) < 4.78 is 79.7. The molecule has 3 aromatic heterocycles. The quantitative estimate of drug-likeness (QED) is 0.00572. The molecule has 0 saturated carbocycles. The van der Waals surface area contributed by atoms with Crippen LogP contribution in [0.3, 0.4) is 0 Å². The molecule has 2 aliphatic rings. The lowest BCUT2D eigenvalue weighted by Gasteiger charge is -2.27. The number of ether oxygens (including phenoxy) is 2. The van der Waals surface area contributed by atoms with Crippen LogP contribution < -0.4 is 40.9 Å². The molecule has 0 radical (unpaired) electrons. The first kappa shape index (κ1) is 71.3. The van der Waals surface area contributed by atoms with E-state index in [9.17, 15) is 50.2 Å². The van der Waals surface area contributed by atoms with Gasteiger partial charge >= 0.3 is 0 Å². The Morgan fingerprint density at radius 1 is 0.573 bits per heavy atom. The zero-order valence-corrected chi connectivity index (χ0v) is 57.0. The van der Waals surface area contributed by atoms with Gasteiger partial charge in [-0.2, -0.15) is 41.8 Å². The molecule has 2 aliphatic heterocycles. The molecule has 0 spiro atoms. The van der Waals surface area contributed by atoms with Gasteiger partial charge in [-0.25, -0.2) is 0 Å². The number of para-hydroxylation sites is 2. The number of hydrogen-bond acceptors (Lipinski definition) is 29. The smallest absolute Gasteiger partial charge is 0.296 e. The minimum absolute atomic E-state index is 0.0648. The highest BCUT2D eigenvalue weighted by molar-refractivity contribution is 7.99. The van der Waals surface area contributed by atoms with Crippen molar-refractivity contribution in [3.05, 3.63) is 106 Å². The summed E-state index contributed by atoms with van der Waals surface area (Å²) in [5, 5.41) is 40.7. The van der Waals surface area contributed by atoms with E-state index >= 15 is 0 Å². The van der Waals surface area contributed by atoms with Crippen LogP contribution >= 0.6 is 34.4 Å². The lowest BCUT2D eigenvalue weighted by atomic mass is 10.1. The van der Waals surface area contributed by atoms with Gasteiger partial charge in [0.2, 0.25) is 22.2 Å². The second-order valence-electron chi connectivity index (χ2n) is 20.9. The van der Waals surface area contributed by atoms with Crippen molar-refractivity contribution < 1.29 is 59.7 Å². The van der Waals surface area contributed by atoms with Crippen LogP contribution in [0.25, 0.3) is 12.2 Å². The van der Waals surface area contributed by atoms with Crippen LogP contribution in [0.1, 0.15) is 51.3 Å². The van der Waals surface area contributed by atoms with Gasteiger partial charge in [0.1, 0.15) is 32.8 Å². The maximum absolute atomic E-state index is 13.8. The van der Waals surface area contributed by atoms with E-state index in [2.05, 4.69) is 51.5 Å². The van der Waals surface area contributed by atoms with Crippen molar-refractivity contribution in [2.75, 3.05) is 132 Å². The van der Waals surface area contributed by atoms with Gasteiger partial charge in [-0.3, -0.25) is 28.3 Å². The maximum Gasteiger partial charge on any atom is 0.296 e. The Kier molecular flexibility index (Phi) is 24.2. The van der Waals surface area contributed by atoms with E-state index in [1.54, 1.807) is 12.1 Å². The summed E-state index contributed by atoms with van der Waals surface area (Å²) in [5.41, 5.74) is 1.97. The molecule has 2 fully saturated rings. The fourth-order valence-corrected chi connectivity index (χ4v) is 13.5. The zero-order chi connectivity index (χ0) is 68.7. The molecule has 96 heavy (non-hydrogen) atoms. The Balaban J connectivity index is 1.07. The number of amides is 2. The number of anilines is 10. The van der Waals surface area contributed by atoms with E-state index in [1.165, 1.54) is 74.2 Å². The van der Waals surface area contributed by atoms with Gasteiger partial charge in [0.05, 0.1) is 76.7 Å². The van der Waals surface area contributed by atoms with Crippen LogP contribution in [0.4, 0.5) is 79.3 Å². The monoisotopic (exact) mass is 1410 g/mol.